The highest BCUT2D eigenvalue weighted by Crippen LogP contribution is 2.10. The molecular formula is C11H23N5O4. The summed E-state index contributed by atoms with van der Waals surface area (Å²) in [7, 11) is 0. The first-order valence-electron chi connectivity index (χ1n) is 6.61. The number of nitrogens with one attached hydrogen (secondary N) is 2. The Labute approximate surface area is 117 Å². The summed E-state index contributed by atoms with van der Waals surface area (Å²) in [6.45, 7) is 2.41. The highest BCUT2D eigenvalue weighted by Gasteiger charge is 2.31. The molecule has 0 aliphatic heterocycles. The van der Waals surface area contributed by atoms with E-state index in [4.69, 9.17) is 16.2 Å². The Morgan fingerprint density at radius 1 is 1.50 bits per heavy atom. The molecule has 0 radical (unpaired) electrons. The van der Waals surface area contributed by atoms with Crippen molar-refractivity contribution < 1.29 is 14.9 Å². The number of carboxylic acid groups (broad SMARTS) is 1. The number of aliphatic carboxylic acids is 1. The van der Waals surface area contributed by atoms with E-state index in [1.807, 2.05) is 6.92 Å². The molecule has 9 nitrogen and oxygen atoms in total. The molecule has 0 aromatic carbocycles. The SMILES string of the molecule is CCCCCN([C@@H](CCCNC(=N)N)C(=O)O)[N+](=O)[O-]. The van der Waals surface area contributed by atoms with E-state index in [1.54, 1.807) is 0 Å². The van der Waals surface area contributed by atoms with Crippen LogP contribution in [0.15, 0.2) is 0 Å². The lowest BCUT2D eigenvalue weighted by atomic mass is 10.1. The summed E-state index contributed by atoms with van der Waals surface area (Å²) in [5.41, 5.74) is 5.10. The number of carboxylic acids is 1. The Morgan fingerprint density at radius 2 is 2.15 bits per heavy atom. The third-order valence-electron chi connectivity index (χ3n) is 2.82. The molecule has 1 atom stereocenters. The standard InChI is InChI=1S/C11H23N5O4/c1-2-3-4-8-15(16(19)20)9(10(17)18)6-5-7-14-11(12)13/h9H,2-8H2,1H3,(H,17,18)(H4,12,13,14)/t9-/m0/s1. The van der Waals surface area contributed by atoms with Crippen LogP contribution in [0.5, 0.6) is 0 Å². The predicted molar refractivity (Wildman–Crippen MR) is 73.8 cm³/mol. The van der Waals surface area contributed by atoms with Crippen LogP contribution < -0.4 is 11.1 Å². The average Bonchev–Trinajstić information content (AvgIpc) is 2.35. The van der Waals surface area contributed by atoms with Crippen LogP contribution in [0, 0.1) is 15.5 Å². The summed E-state index contributed by atoms with van der Waals surface area (Å²) in [5.74, 6) is -1.41. The normalized spacial score (nSPS) is 11.7. The Morgan fingerprint density at radius 3 is 2.60 bits per heavy atom. The van der Waals surface area contributed by atoms with E-state index in [1.165, 1.54) is 0 Å². The molecular weight excluding hydrogens is 266 g/mol. The van der Waals surface area contributed by atoms with Gasteiger partial charge in [-0.2, -0.15) is 0 Å². The molecule has 20 heavy (non-hydrogen) atoms. The number of guanidine groups is 1. The topological polar surface area (TPSA) is 146 Å². The van der Waals surface area contributed by atoms with Gasteiger partial charge in [0, 0.05) is 6.54 Å². The molecule has 0 spiro atoms. The quantitative estimate of drug-likeness (QED) is 0.141. The van der Waals surface area contributed by atoms with Crippen molar-refractivity contribution in [1.29, 1.82) is 5.41 Å². The smallest absolute Gasteiger partial charge is 0.332 e. The lowest BCUT2D eigenvalue weighted by molar-refractivity contribution is -0.661. The fraction of sp³-hybridized carbons (Fsp3) is 0.818. The first-order chi connectivity index (χ1) is 9.40. The number of nitrogens with two attached hydrogens (primary N) is 1. The van der Waals surface area contributed by atoms with Crippen molar-refractivity contribution >= 4 is 11.9 Å². The van der Waals surface area contributed by atoms with Crippen molar-refractivity contribution in [2.24, 2.45) is 5.73 Å². The van der Waals surface area contributed by atoms with Crippen LogP contribution in [0.3, 0.4) is 0 Å². The molecule has 0 amide bonds. The number of nitro groups is 1. The summed E-state index contributed by atoms with van der Waals surface area (Å²) in [4.78, 5) is 22.2. The summed E-state index contributed by atoms with van der Waals surface area (Å²) in [6.07, 6.45) is 2.83. The van der Waals surface area contributed by atoms with Crippen molar-refractivity contribution in [3.63, 3.8) is 0 Å². The van der Waals surface area contributed by atoms with Crippen LogP contribution in [-0.2, 0) is 4.79 Å². The second kappa shape index (κ2) is 9.82. The van der Waals surface area contributed by atoms with Gasteiger partial charge in [-0.15, -0.1) is 5.01 Å². The fourth-order valence-corrected chi connectivity index (χ4v) is 1.79. The number of nitrogens with zero attached hydrogens (tertiary/aromatic N) is 2. The summed E-state index contributed by atoms with van der Waals surface area (Å²) in [5, 5.41) is 29.7. The zero-order valence-electron chi connectivity index (χ0n) is 11.7. The average molecular weight is 289 g/mol. The first-order valence-corrected chi connectivity index (χ1v) is 6.61. The molecule has 0 rings (SSSR count). The zero-order valence-corrected chi connectivity index (χ0v) is 11.7. The molecule has 0 aliphatic carbocycles. The maximum atomic E-state index is 11.2. The minimum absolute atomic E-state index is 0.123. The van der Waals surface area contributed by atoms with E-state index in [0.717, 1.165) is 17.9 Å². The monoisotopic (exact) mass is 289 g/mol. The third kappa shape index (κ3) is 7.39. The van der Waals surface area contributed by atoms with Crippen molar-refractivity contribution in [3.05, 3.63) is 10.1 Å². The van der Waals surface area contributed by atoms with Crippen LogP contribution in [0.2, 0.25) is 0 Å². The van der Waals surface area contributed by atoms with Gasteiger partial charge in [-0.25, -0.2) is 14.9 Å². The molecule has 116 valence electrons. The number of hydrogen-bond acceptors (Lipinski definition) is 4. The predicted octanol–water partition coefficient (Wildman–Crippen LogP) is 0.387. The van der Waals surface area contributed by atoms with Gasteiger partial charge in [0.05, 0.1) is 6.54 Å². The first kappa shape index (κ1) is 17.9. The molecule has 0 aromatic rings. The van der Waals surface area contributed by atoms with E-state index in [2.05, 4.69) is 5.32 Å². The molecule has 0 heterocycles. The molecule has 0 unspecified atom stereocenters. The Bertz CT molecular complexity index is 337. The van der Waals surface area contributed by atoms with Gasteiger partial charge in [-0.3, -0.25) is 5.41 Å². The van der Waals surface area contributed by atoms with Gasteiger partial charge < -0.3 is 16.2 Å². The third-order valence-corrected chi connectivity index (χ3v) is 2.82. The van der Waals surface area contributed by atoms with Gasteiger partial charge in [0.2, 0.25) is 0 Å². The van der Waals surface area contributed by atoms with E-state index >= 15 is 0 Å². The van der Waals surface area contributed by atoms with Crippen molar-refractivity contribution in [3.8, 4) is 0 Å². The molecule has 0 fully saturated rings. The second-order valence-corrected chi connectivity index (χ2v) is 4.44. The zero-order chi connectivity index (χ0) is 15.5. The molecule has 0 saturated heterocycles. The lowest BCUT2D eigenvalue weighted by Gasteiger charge is -2.21. The number of hydrogen-bond donors (Lipinski definition) is 4. The van der Waals surface area contributed by atoms with Crippen LogP contribution in [0.4, 0.5) is 0 Å². The highest BCUT2D eigenvalue weighted by atomic mass is 16.7. The van der Waals surface area contributed by atoms with E-state index in [9.17, 15) is 14.9 Å². The molecule has 0 aromatic heterocycles. The van der Waals surface area contributed by atoms with Gasteiger partial charge in [-0.05, 0) is 19.3 Å². The minimum Gasteiger partial charge on any atom is -0.480 e. The van der Waals surface area contributed by atoms with E-state index in [0.29, 0.717) is 19.4 Å². The summed E-state index contributed by atoms with van der Waals surface area (Å²) >= 11 is 0. The molecule has 9 heteroatoms. The van der Waals surface area contributed by atoms with Crippen molar-refractivity contribution in [1.82, 2.24) is 10.3 Å². The minimum atomic E-state index is -1.21. The summed E-state index contributed by atoms with van der Waals surface area (Å²) in [6, 6.07) is -1.16. The van der Waals surface area contributed by atoms with Crippen molar-refractivity contribution in [2.45, 2.75) is 45.1 Å². The Hall–Kier alpha value is -2.06. The maximum absolute atomic E-state index is 11.2. The highest BCUT2D eigenvalue weighted by molar-refractivity contribution is 5.74. The van der Waals surface area contributed by atoms with Gasteiger partial charge in [0.1, 0.15) is 0 Å². The Balaban J connectivity index is 4.45. The van der Waals surface area contributed by atoms with Gasteiger partial charge in [-0.1, -0.05) is 19.8 Å². The van der Waals surface area contributed by atoms with E-state index in [-0.39, 0.29) is 18.9 Å². The van der Waals surface area contributed by atoms with Crippen LogP contribution in [-0.4, -0.2) is 46.2 Å². The second-order valence-electron chi connectivity index (χ2n) is 4.44. The Kier molecular flexibility index (Phi) is 8.80. The fourth-order valence-electron chi connectivity index (χ4n) is 1.79. The maximum Gasteiger partial charge on any atom is 0.332 e. The summed E-state index contributed by atoms with van der Waals surface area (Å²) < 4.78 is 0. The largest absolute Gasteiger partial charge is 0.480 e. The van der Waals surface area contributed by atoms with E-state index < -0.39 is 17.0 Å². The molecule has 0 bridgehead atoms. The lowest BCUT2D eigenvalue weighted by Crippen LogP contribution is -2.45. The van der Waals surface area contributed by atoms with Crippen molar-refractivity contribution in [2.75, 3.05) is 13.1 Å². The number of carbonyl (C=O) groups is 1. The number of unbranched alkanes of at least 4 members (excludes halogenated alkanes) is 2. The van der Waals surface area contributed by atoms with Crippen LogP contribution in [0.1, 0.15) is 39.0 Å². The number of rotatable bonds is 11. The molecule has 5 N–H and O–H groups in total. The van der Waals surface area contributed by atoms with Gasteiger partial charge >= 0.3 is 5.97 Å². The van der Waals surface area contributed by atoms with Crippen LogP contribution >= 0.6 is 0 Å². The van der Waals surface area contributed by atoms with Gasteiger partial charge in [0.25, 0.3) is 0 Å². The molecule has 0 aliphatic rings. The number of hydrazine groups is 1. The van der Waals surface area contributed by atoms with Crippen LogP contribution in [0.25, 0.3) is 0 Å². The van der Waals surface area contributed by atoms with Gasteiger partial charge in [0.15, 0.2) is 17.0 Å². The molecule has 0 saturated carbocycles.